The topological polar surface area (TPSA) is 23.8 Å². The number of allylic oxidation sites excluding steroid dienone is 1. The maximum atomic E-state index is 8.62. The largest absolute Gasteiger partial charge is 0.193 e. The number of thioether (sulfide) groups is 2. The van der Waals surface area contributed by atoms with Gasteiger partial charge in [0.2, 0.25) is 0 Å². The fraction of sp³-hybridized carbons (Fsp3) is 0.571. The predicted molar refractivity (Wildman–Crippen MR) is 50.0 cm³/mol. The van der Waals surface area contributed by atoms with Crippen LogP contribution in [0.4, 0.5) is 0 Å². The molecule has 0 atom stereocenters. The van der Waals surface area contributed by atoms with Gasteiger partial charge in [0, 0.05) is 5.57 Å². The quantitative estimate of drug-likeness (QED) is 0.613. The van der Waals surface area contributed by atoms with Crippen LogP contribution in [-0.4, -0.2) is 12.5 Å². The minimum absolute atomic E-state index is 0.841. The Morgan fingerprint density at radius 1 is 1.40 bits per heavy atom. The van der Waals surface area contributed by atoms with Gasteiger partial charge in [-0.1, -0.05) is 6.92 Å². The van der Waals surface area contributed by atoms with E-state index in [1.807, 2.05) is 19.4 Å². The molecule has 1 nitrogen and oxygen atoms in total. The second-order valence-electron chi connectivity index (χ2n) is 1.64. The molecule has 10 heavy (non-hydrogen) atoms. The Morgan fingerprint density at radius 3 is 2.00 bits per heavy atom. The van der Waals surface area contributed by atoms with Crippen LogP contribution in [0.3, 0.4) is 0 Å². The number of nitrogens with zero attached hydrogens (tertiary/aromatic N) is 1. The van der Waals surface area contributed by atoms with Crippen molar-refractivity contribution >= 4 is 23.5 Å². The number of nitriles is 1. The van der Waals surface area contributed by atoms with Crippen LogP contribution in [0.15, 0.2) is 9.81 Å². The SMILES string of the molecule is CCC(C#N)=C(SC)SC. The van der Waals surface area contributed by atoms with E-state index in [0.717, 1.165) is 16.2 Å². The van der Waals surface area contributed by atoms with Crippen molar-refractivity contribution in [2.75, 3.05) is 12.5 Å². The molecule has 0 saturated heterocycles. The smallest absolute Gasteiger partial charge is 0.0964 e. The third-order valence-electron chi connectivity index (χ3n) is 1.11. The molecule has 0 spiro atoms. The van der Waals surface area contributed by atoms with Crippen molar-refractivity contribution in [1.29, 1.82) is 5.26 Å². The van der Waals surface area contributed by atoms with E-state index in [4.69, 9.17) is 5.26 Å². The summed E-state index contributed by atoms with van der Waals surface area (Å²) in [7, 11) is 0. The van der Waals surface area contributed by atoms with E-state index in [2.05, 4.69) is 6.07 Å². The zero-order chi connectivity index (χ0) is 7.98. The molecule has 56 valence electrons. The molecular weight excluding hydrogens is 162 g/mol. The third kappa shape index (κ3) is 2.68. The summed E-state index contributed by atoms with van der Waals surface area (Å²) < 4.78 is 1.14. The second-order valence-corrected chi connectivity index (χ2v) is 3.53. The molecule has 0 aliphatic heterocycles. The maximum absolute atomic E-state index is 8.62. The number of rotatable bonds is 3. The molecule has 0 heterocycles. The summed E-state index contributed by atoms with van der Waals surface area (Å²) in [5, 5.41) is 8.62. The average Bonchev–Trinajstić information content (AvgIpc) is 2.00. The Hall–Kier alpha value is -0.0700. The predicted octanol–water partition coefficient (Wildman–Crippen LogP) is 2.86. The van der Waals surface area contributed by atoms with Crippen molar-refractivity contribution in [1.82, 2.24) is 0 Å². The van der Waals surface area contributed by atoms with Gasteiger partial charge in [-0.3, -0.25) is 0 Å². The zero-order valence-corrected chi connectivity index (χ0v) is 8.10. The molecule has 0 aromatic carbocycles. The van der Waals surface area contributed by atoms with Gasteiger partial charge in [-0.05, 0) is 18.9 Å². The van der Waals surface area contributed by atoms with Crippen LogP contribution in [0.1, 0.15) is 13.3 Å². The summed E-state index contributed by atoms with van der Waals surface area (Å²) in [6, 6.07) is 2.19. The molecule has 0 radical (unpaired) electrons. The van der Waals surface area contributed by atoms with Crippen molar-refractivity contribution < 1.29 is 0 Å². The minimum Gasteiger partial charge on any atom is -0.193 e. The van der Waals surface area contributed by atoms with E-state index in [9.17, 15) is 0 Å². The van der Waals surface area contributed by atoms with Gasteiger partial charge in [0.15, 0.2) is 0 Å². The molecule has 0 aliphatic rings. The van der Waals surface area contributed by atoms with Crippen molar-refractivity contribution in [2.45, 2.75) is 13.3 Å². The Morgan fingerprint density at radius 2 is 1.90 bits per heavy atom. The highest BCUT2D eigenvalue weighted by molar-refractivity contribution is 8.21. The average molecular weight is 173 g/mol. The number of hydrogen-bond acceptors (Lipinski definition) is 3. The van der Waals surface area contributed by atoms with Gasteiger partial charge < -0.3 is 0 Å². The summed E-state index contributed by atoms with van der Waals surface area (Å²) in [6.07, 6.45) is 4.84. The van der Waals surface area contributed by atoms with E-state index in [-0.39, 0.29) is 0 Å². The molecule has 3 heteroatoms. The standard InChI is InChI=1S/C7H11NS2/c1-4-6(5-8)7(9-2)10-3/h4H2,1-3H3. The molecule has 0 amide bonds. The Balaban J connectivity index is 4.40. The lowest BCUT2D eigenvalue weighted by Crippen LogP contribution is -1.78. The summed E-state index contributed by atoms with van der Waals surface area (Å²) in [5.41, 5.74) is 0.903. The molecule has 0 aromatic rings. The first-order valence-corrected chi connectivity index (χ1v) is 5.46. The Kier molecular flexibility index (Phi) is 5.66. The van der Waals surface area contributed by atoms with Crippen LogP contribution < -0.4 is 0 Å². The van der Waals surface area contributed by atoms with E-state index >= 15 is 0 Å². The lowest BCUT2D eigenvalue weighted by atomic mass is 10.3. The summed E-state index contributed by atoms with van der Waals surface area (Å²) >= 11 is 3.29. The van der Waals surface area contributed by atoms with Crippen LogP contribution >= 0.6 is 23.5 Å². The lowest BCUT2D eigenvalue weighted by Gasteiger charge is -2.00. The fourth-order valence-corrected chi connectivity index (χ4v) is 2.14. The van der Waals surface area contributed by atoms with Gasteiger partial charge in [0.25, 0.3) is 0 Å². The summed E-state index contributed by atoms with van der Waals surface area (Å²) in [6.45, 7) is 2.00. The second kappa shape index (κ2) is 5.70. The molecule has 0 saturated carbocycles. The normalized spacial score (nSPS) is 8.60. The van der Waals surface area contributed by atoms with Crippen molar-refractivity contribution in [3.63, 3.8) is 0 Å². The molecule has 0 aromatic heterocycles. The highest BCUT2D eigenvalue weighted by Crippen LogP contribution is 2.28. The fourth-order valence-electron chi connectivity index (χ4n) is 0.599. The van der Waals surface area contributed by atoms with Crippen molar-refractivity contribution in [3.8, 4) is 6.07 Å². The molecular formula is C7H11NS2. The van der Waals surface area contributed by atoms with Crippen LogP contribution in [-0.2, 0) is 0 Å². The van der Waals surface area contributed by atoms with Gasteiger partial charge >= 0.3 is 0 Å². The van der Waals surface area contributed by atoms with E-state index in [1.54, 1.807) is 23.5 Å². The van der Waals surface area contributed by atoms with E-state index in [0.29, 0.717) is 0 Å². The van der Waals surface area contributed by atoms with Gasteiger partial charge in [0.05, 0.1) is 10.3 Å². The Labute approximate surface area is 70.9 Å². The van der Waals surface area contributed by atoms with Gasteiger partial charge in [-0.2, -0.15) is 5.26 Å². The Bertz CT molecular complexity index is 161. The number of hydrogen-bond donors (Lipinski definition) is 0. The first-order chi connectivity index (χ1) is 4.79. The lowest BCUT2D eigenvalue weighted by molar-refractivity contribution is 1.15. The molecule has 0 aliphatic carbocycles. The molecule has 0 fully saturated rings. The van der Waals surface area contributed by atoms with Crippen LogP contribution in [0.25, 0.3) is 0 Å². The summed E-state index contributed by atoms with van der Waals surface area (Å²) in [5.74, 6) is 0. The minimum atomic E-state index is 0.841. The summed E-state index contributed by atoms with van der Waals surface area (Å²) in [4.78, 5) is 0. The van der Waals surface area contributed by atoms with Gasteiger partial charge in [0.1, 0.15) is 0 Å². The van der Waals surface area contributed by atoms with Crippen LogP contribution in [0.5, 0.6) is 0 Å². The zero-order valence-electron chi connectivity index (χ0n) is 6.47. The van der Waals surface area contributed by atoms with Crippen LogP contribution in [0, 0.1) is 11.3 Å². The maximum Gasteiger partial charge on any atom is 0.0964 e. The molecule has 0 bridgehead atoms. The first kappa shape index (κ1) is 9.93. The first-order valence-electron chi connectivity index (χ1n) is 3.01. The monoisotopic (exact) mass is 173 g/mol. The molecule has 0 N–H and O–H groups in total. The highest BCUT2D eigenvalue weighted by Gasteiger charge is 2.00. The third-order valence-corrected chi connectivity index (χ3v) is 3.34. The van der Waals surface area contributed by atoms with Crippen LogP contribution in [0.2, 0.25) is 0 Å². The highest BCUT2D eigenvalue weighted by atomic mass is 32.2. The van der Waals surface area contributed by atoms with Crippen molar-refractivity contribution in [3.05, 3.63) is 9.81 Å². The van der Waals surface area contributed by atoms with Crippen molar-refractivity contribution in [2.24, 2.45) is 0 Å². The van der Waals surface area contributed by atoms with Gasteiger partial charge in [-0.15, -0.1) is 23.5 Å². The van der Waals surface area contributed by atoms with E-state index < -0.39 is 0 Å². The molecule has 0 rings (SSSR count). The molecule has 0 unspecified atom stereocenters. The van der Waals surface area contributed by atoms with Gasteiger partial charge in [-0.25, -0.2) is 0 Å². The van der Waals surface area contributed by atoms with E-state index in [1.165, 1.54) is 0 Å².